The Morgan fingerprint density at radius 3 is 2.10 bits per heavy atom. The van der Waals surface area contributed by atoms with Gasteiger partial charge < -0.3 is 9.15 Å². The average Bonchev–Trinajstić information content (AvgIpc) is 3.22. The van der Waals surface area contributed by atoms with Gasteiger partial charge in [0.15, 0.2) is 0 Å². The van der Waals surface area contributed by atoms with E-state index in [0.717, 1.165) is 24.7 Å². The molecule has 0 N–H and O–H groups in total. The Balaban J connectivity index is 0.000000157. The topological polar surface area (TPSA) is 22.4 Å². The summed E-state index contributed by atoms with van der Waals surface area (Å²) >= 11 is 0. The predicted octanol–water partition coefficient (Wildman–Crippen LogP) is 6.00. The molecule has 1 atom stereocenters. The molecule has 0 radical (unpaired) electrons. The van der Waals surface area contributed by atoms with Gasteiger partial charge in [0.25, 0.3) is 0 Å². The third-order valence-electron chi connectivity index (χ3n) is 4.30. The van der Waals surface area contributed by atoms with Gasteiger partial charge in [0.1, 0.15) is 5.76 Å². The Hall–Kier alpha value is -0.760. The third kappa shape index (κ3) is 8.98. The van der Waals surface area contributed by atoms with Crippen molar-refractivity contribution in [1.82, 2.24) is 0 Å². The molecule has 122 valence electrons. The number of furan rings is 1. The van der Waals surface area contributed by atoms with Crippen molar-refractivity contribution in [1.29, 1.82) is 0 Å². The highest BCUT2D eigenvalue weighted by molar-refractivity contribution is 4.96. The first-order valence-corrected chi connectivity index (χ1v) is 8.90. The monoisotopic (exact) mass is 294 g/mol. The number of rotatable bonds is 2. The first-order valence-electron chi connectivity index (χ1n) is 8.90. The van der Waals surface area contributed by atoms with Crippen molar-refractivity contribution in [2.45, 2.75) is 84.7 Å². The molecule has 1 aromatic heterocycles. The van der Waals surface area contributed by atoms with Gasteiger partial charge in [-0.25, -0.2) is 0 Å². The van der Waals surface area contributed by atoms with Crippen molar-refractivity contribution in [3.05, 3.63) is 24.2 Å². The van der Waals surface area contributed by atoms with Crippen LogP contribution in [0.2, 0.25) is 0 Å². The lowest BCUT2D eigenvalue weighted by atomic mass is 9.91. The fraction of sp³-hybridized carbons (Fsp3) is 0.789. The molecule has 1 aliphatic heterocycles. The molecule has 1 saturated heterocycles. The summed E-state index contributed by atoms with van der Waals surface area (Å²) in [4.78, 5) is 0. The lowest BCUT2D eigenvalue weighted by Gasteiger charge is -2.15. The van der Waals surface area contributed by atoms with Gasteiger partial charge in [0.05, 0.1) is 12.4 Å². The van der Waals surface area contributed by atoms with Crippen LogP contribution < -0.4 is 0 Å². The van der Waals surface area contributed by atoms with Crippen LogP contribution in [-0.4, -0.2) is 12.7 Å². The molecule has 0 spiro atoms. The minimum absolute atomic E-state index is 0.597. The maximum Gasteiger partial charge on any atom is 0.103 e. The Labute approximate surface area is 131 Å². The lowest BCUT2D eigenvalue weighted by Crippen LogP contribution is -2.00. The number of ether oxygens (including phenoxy) is 1. The Bertz CT molecular complexity index is 306. The van der Waals surface area contributed by atoms with Crippen LogP contribution >= 0.6 is 0 Å². The second-order valence-electron chi connectivity index (χ2n) is 6.22. The summed E-state index contributed by atoms with van der Waals surface area (Å²) < 4.78 is 10.3. The predicted molar refractivity (Wildman–Crippen MR) is 89.6 cm³/mol. The van der Waals surface area contributed by atoms with Gasteiger partial charge in [-0.15, -0.1) is 0 Å². The minimum atomic E-state index is 0.597. The van der Waals surface area contributed by atoms with E-state index in [1.165, 1.54) is 51.4 Å². The van der Waals surface area contributed by atoms with Crippen LogP contribution in [0.15, 0.2) is 22.8 Å². The molecule has 2 heterocycles. The zero-order chi connectivity index (χ0) is 15.3. The Kier molecular flexibility index (Phi) is 10.3. The lowest BCUT2D eigenvalue weighted by molar-refractivity contribution is 0.108. The van der Waals surface area contributed by atoms with Crippen LogP contribution in [-0.2, 0) is 11.2 Å². The van der Waals surface area contributed by atoms with E-state index >= 15 is 0 Å². The van der Waals surface area contributed by atoms with Crippen LogP contribution in [0.25, 0.3) is 0 Å². The SMILES string of the molecule is CC1CCCCC1.CCC1CCCO1.CCc1ccco1. The van der Waals surface area contributed by atoms with E-state index in [1.54, 1.807) is 6.26 Å². The van der Waals surface area contributed by atoms with Crippen molar-refractivity contribution in [2.75, 3.05) is 6.61 Å². The van der Waals surface area contributed by atoms with E-state index in [4.69, 9.17) is 9.15 Å². The van der Waals surface area contributed by atoms with E-state index in [-0.39, 0.29) is 0 Å². The molecule has 2 heteroatoms. The van der Waals surface area contributed by atoms with Crippen molar-refractivity contribution in [3.63, 3.8) is 0 Å². The summed E-state index contributed by atoms with van der Waals surface area (Å²) in [5.41, 5.74) is 0. The zero-order valence-electron chi connectivity index (χ0n) is 14.3. The standard InChI is InChI=1S/C7H14.C6H12O.C6H8O/c1-7-5-3-2-4-6-7;2*1-2-6-4-3-5-7-6/h7H,2-6H2,1H3;6H,2-5H2,1H3;3-5H,2H2,1H3. The third-order valence-corrected chi connectivity index (χ3v) is 4.30. The zero-order valence-corrected chi connectivity index (χ0v) is 14.3. The quantitative estimate of drug-likeness (QED) is 0.667. The summed E-state index contributed by atoms with van der Waals surface area (Å²) in [7, 11) is 0. The molecule has 2 fully saturated rings. The van der Waals surface area contributed by atoms with Gasteiger partial charge in [0.2, 0.25) is 0 Å². The second-order valence-corrected chi connectivity index (χ2v) is 6.22. The van der Waals surface area contributed by atoms with E-state index < -0.39 is 0 Å². The Morgan fingerprint density at radius 2 is 1.81 bits per heavy atom. The molecule has 2 aliphatic rings. The van der Waals surface area contributed by atoms with Crippen LogP contribution in [0.4, 0.5) is 0 Å². The van der Waals surface area contributed by atoms with Crippen LogP contribution in [0.5, 0.6) is 0 Å². The fourth-order valence-electron chi connectivity index (χ4n) is 2.79. The smallest absolute Gasteiger partial charge is 0.103 e. The normalized spacial score (nSPS) is 22.0. The van der Waals surface area contributed by atoms with E-state index in [1.807, 2.05) is 12.1 Å². The molecular weight excluding hydrogens is 260 g/mol. The first kappa shape index (κ1) is 18.3. The van der Waals surface area contributed by atoms with Crippen molar-refractivity contribution in [3.8, 4) is 0 Å². The summed E-state index contributed by atoms with van der Waals surface area (Å²) in [6, 6.07) is 3.87. The molecule has 0 bridgehead atoms. The molecule has 0 aromatic carbocycles. The van der Waals surface area contributed by atoms with Crippen molar-refractivity contribution < 1.29 is 9.15 Å². The highest BCUT2D eigenvalue weighted by Gasteiger charge is 2.11. The van der Waals surface area contributed by atoms with E-state index in [2.05, 4.69) is 20.8 Å². The minimum Gasteiger partial charge on any atom is -0.469 e. The van der Waals surface area contributed by atoms with Gasteiger partial charge in [-0.1, -0.05) is 52.9 Å². The fourth-order valence-corrected chi connectivity index (χ4v) is 2.79. The van der Waals surface area contributed by atoms with Gasteiger partial charge in [0, 0.05) is 13.0 Å². The highest BCUT2D eigenvalue weighted by atomic mass is 16.5. The van der Waals surface area contributed by atoms with E-state index in [9.17, 15) is 0 Å². The summed E-state index contributed by atoms with van der Waals surface area (Å²) in [5.74, 6) is 2.09. The maximum absolute atomic E-state index is 5.30. The molecule has 1 saturated carbocycles. The molecule has 2 nitrogen and oxygen atoms in total. The van der Waals surface area contributed by atoms with Gasteiger partial charge >= 0.3 is 0 Å². The highest BCUT2D eigenvalue weighted by Crippen LogP contribution is 2.22. The van der Waals surface area contributed by atoms with Crippen LogP contribution in [0.3, 0.4) is 0 Å². The largest absolute Gasteiger partial charge is 0.469 e. The van der Waals surface area contributed by atoms with Gasteiger partial charge in [-0.2, -0.15) is 0 Å². The van der Waals surface area contributed by atoms with Crippen molar-refractivity contribution >= 4 is 0 Å². The molecule has 1 unspecified atom stereocenters. The number of hydrogen-bond donors (Lipinski definition) is 0. The second kappa shape index (κ2) is 11.9. The summed E-state index contributed by atoms with van der Waals surface area (Å²) in [5, 5.41) is 0. The molecular formula is C19H34O2. The van der Waals surface area contributed by atoms with E-state index in [0.29, 0.717) is 6.10 Å². The van der Waals surface area contributed by atoms with Gasteiger partial charge in [-0.05, 0) is 37.3 Å². The molecule has 1 aliphatic carbocycles. The summed E-state index contributed by atoms with van der Waals surface area (Å²) in [6.07, 6.45) is 14.5. The van der Waals surface area contributed by atoms with Crippen molar-refractivity contribution in [2.24, 2.45) is 5.92 Å². The average molecular weight is 294 g/mol. The first-order chi connectivity index (χ1) is 10.3. The number of aryl methyl sites for hydroxylation is 1. The molecule has 21 heavy (non-hydrogen) atoms. The maximum atomic E-state index is 5.30. The van der Waals surface area contributed by atoms with Crippen LogP contribution in [0, 0.1) is 5.92 Å². The molecule has 1 aromatic rings. The van der Waals surface area contributed by atoms with Gasteiger partial charge in [-0.3, -0.25) is 0 Å². The Morgan fingerprint density at radius 1 is 1.05 bits per heavy atom. The number of hydrogen-bond acceptors (Lipinski definition) is 2. The molecule has 0 amide bonds. The summed E-state index contributed by atoms with van der Waals surface area (Å²) in [6.45, 7) is 7.60. The molecule has 3 rings (SSSR count). The van der Waals surface area contributed by atoms with Crippen LogP contribution in [0.1, 0.15) is 77.9 Å².